The lowest BCUT2D eigenvalue weighted by atomic mass is 10.1. The maximum Gasteiger partial charge on any atom is 0.217 e. The van der Waals surface area contributed by atoms with Crippen LogP contribution in [0.3, 0.4) is 0 Å². The molecule has 2 N–H and O–H groups in total. The number of nitrogens with zero attached hydrogens (tertiary/aromatic N) is 1. The van der Waals surface area contributed by atoms with Crippen LogP contribution in [0.25, 0.3) is 0 Å². The highest BCUT2D eigenvalue weighted by Gasteiger charge is 2.16. The summed E-state index contributed by atoms with van der Waals surface area (Å²) in [6.45, 7) is 3.12. The fourth-order valence-electron chi connectivity index (χ4n) is 1.99. The molecule has 1 aliphatic heterocycles. The predicted molar refractivity (Wildman–Crippen MR) is 61.7 cm³/mol. The molecule has 1 saturated heterocycles. The molecule has 16 heavy (non-hydrogen) atoms. The Bertz CT molecular complexity index is 372. The molecule has 0 bridgehead atoms. The van der Waals surface area contributed by atoms with Crippen molar-refractivity contribution in [1.82, 2.24) is 15.6 Å². The van der Waals surface area contributed by atoms with Crippen LogP contribution in [0.4, 0.5) is 0 Å². The first-order chi connectivity index (χ1) is 7.75. The lowest BCUT2D eigenvalue weighted by Gasteiger charge is -2.11. The summed E-state index contributed by atoms with van der Waals surface area (Å²) < 4.78 is 0. The minimum Gasteiger partial charge on any atom is -0.351 e. The molecule has 0 radical (unpaired) electrons. The summed E-state index contributed by atoms with van der Waals surface area (Å²) in [5, 5.41) is 6.21. The molecular weight excluding hydrogens is 202 g/mol. The van der Waals surface area contributed by atoms with E-state index < -0.39 is 0 Å². The maximum absolute atomic E-state index is 10.8. The number of carbonyl (C=O) groups excluding carboxylic acids is 1. The molecule has 2 heterocycles. The Hall–Kier alpha value is -1.42. The lowest BCUT2D eigenvalue weighted by molar-refractivity contribution is -0.119. The molecule has 2 rings (SSSR count). The number of rotatable bonds is 3. The summed E-state index contributed by atoms with van der Waals surface area (Å²) in [5.41, 5.74) is 2.19. The Morgan fingerprint density at radius 1 is 1.69 bits per heavy atom. The second-order valence-electron chi connectivity index (χ2n) is 4.14. The van der Waals surface area contributed by atoms with E-state index in [4.69, 9.17) is 0 Å². The van der Waals surface area contributed by atoms with Crippen LogP contribution in [0.5, 0.6) is 0 Å². The lowest BCUT2D eigenvalue weighted by Crippen LogP contribution is -2.20. The number of pyridine rings is 1. The van der Waals surface area contributed by atoms with Crippen LogP contribution in [-0.2, 0) is 11.3 Å². The van der Waals surface area contributed by atoms with E-state index in [1.165, 1.54) is 25.3 Å². The van der Waals surface area contributed by atoms with Crippen molar-refractivity contribution in [3.8, 4) is 0 Å². The van der Waals surface area contributed by atoms with E-state index in [1.54, 1.807) is 0 Å². The van der Waals surface area contributed by atoms with Crippen LogP contribution in [0.2, 0.25) is 0 Å². The quantitative estimate of drug-likeness (QED) is 0.801. The molecule has 1 atom stereocenters. The number of nitrogens with one attached hydrogen (secondary N) is 2. The SMILES string of the molecule is CC(=O)NCc1cc([C@@H]2CCCN2)ccn1. The predicted octanol–water partition coefficient (Wildman–Crippen LogP) is 1.14. The molecule has 4 nitrogen and oxygen atoms in total. The molecule has 0 aliphatic carbocycles. The van der Waals surface area contributed by atoms with Gasteiger partial charge in [0.15, 0.2) is 0 Å². The van der Waals surface area contributed by atoms with Gasteiger partial charge < -0.3 is 10.6 Å². The third kappa shape index (κ3) is 2.79. The number of amides is 1. The second-order valence-corrected chi connectivity index (χ2v) is 4.14. The Labute approximate surface area is 95.5 Å². The van der Waals surface area contributed by atoms with Crippen molar-refractivity contribution in [1.29, 1.82) is 0 Å². The Balaban J connectivity index is 2.03. The first-order valence-corrected chi connectivity index (χ1v) is 5.68. The fourth-order valence-corrected chi connectivity index (χ4v) is 1.99. The van der Waals surface area contributed by atoms with Gasteiger partial charge in [0.05, 0.1) is 12.2 Å². The van der Waals surface area contributed by atoms with Crippen LogP contribution >= 0.6 is 0 Å². The molecule has 1 amide bonds. The average molecular weight is 219 g/mol. The number of aromatic nitrogens is 1. The van der Waals surface area contributed by atoms with Gasteiger partial charge in [0, 0.05) is 19.2 Å². The summed E-state index contributed by atoms with van der Waals surface area (Å²) in [5.74, 6) is -0.0220. The van der Waals surface area contributed by atoms with Crippen molar-refractivity contribution >= 4 is 5.91 Å². The highest BCUT2D eigenvalue weighted by atomic mass is 16.1. The van der Waals surface area contributed by atoms with E-state index in [-0.39, 0.29) is 5.91 Å². The second kappa shape index (κ2) is 5.07. The van der Waals surface area contributed by atoms with Crippen LogP contribution < -0.4 is 10.6 Å². The Kier molecular flexibility index (Phi) is 3.51. The average Bonchev–Trinajstić information content (AvgIpc) is 2.80. The minimum atomic E-state index is -0.0220. The largest absolute Gasteiger partial charge is 0.351 e. The van der Waals surface area contributed by atoms with Crippen LogP contribution in [0.1, 0.15) is 37.1 Å². The van der Waals surface area contributed by atoms with Crippen LogP contribution in [0.15, 0.2) is 18.3 Å². The molecule has 0 spiro atoms. The molecule has 0 saturated carbocycles. The molecular formula is C12H17N3O. The van der Waals surface area contributed by atoms with E-state index in [2.05, 4.69) is 21.7 Å². The normalized spacial score (nSPS) is 19.7. The van der Waals surface area contributed by atoms with Gasteiger partial charge in [-0.15, -0.1) is 0 Å². The van der Waals surface area contributed by atoms with E-state index >= 15 is 0 Å². The van der Waals surface area contributed by atoms with Crippen molar-refractivity contribution in [2.75, 3.05) is 6.54 Å². The maximum atomic E-state index is 10.8. The Morgan fingerprint density at radius 2 is 2.56 bits per heavy atom. The standard InChI is InChI=1S/C12H17N3O/c1-9(16)15-8-11-7-10(4-6-13-11)12-3-2-5-14-12/h4,6-7,12,14H,2-3,5,8H2,1H3,(H,15,16)/t12-/m0/s1. The highest BCUT2D eigenvalue weighted by molar-refractivity contribution is 5.72. The minimum absolute atomic E-state index is 0.0220. The number of carbonyl (C=O) groups is 1. The number of hydrogen-bond acceptors (Lipinski definition) is 3. The van der Waals surface area contributed by atoms with Gasteiger partial charge >= 0.3 is 0 Å². The van der Waals surface area contributed by atoms with Gasteiger partial charge in [-0.1, -0.05) is 0 Å². The van der Waals surface area contributed by atoms with E-state index in [1.807, 2.05) is 12.3 Å². The molecule has 1 aromatic rings. The molecule has 0 aromatic carbocycles. The highest BCUT2D eigenvalue weighted by Crippen LogP contribution is 2.22. The van der Waals surface area contributed by atoms with Crippen molar-refractivity contribution in [2.45, 2.75) is 32.4 Å². The smallest absolute Gasteiger partial charge is 0.217 e. The molecule has 1 fully saturated rings. The summed E-state index contributed by atoms with van der Waals surface area (Å²) in [6, 6.07) is 4.57. The third-order valence-corrected chi connectivity index (χ3v) is 2.82. The Morgan fingerprint density at radius 3 is 3.25 bits per heavy atom. The van der Waals surface area contributed by atoms with Gasteiger partial charge in [0.2, 0.25) is 5.91 Å². The zero-order valence-corrected chi connectivity index (χ0v) is 9.49. The molecule has 86 valence electrons. The van der Waals surface area contributed by atoms with Gasteiger partial charge in [0.1, 0.15) is 0 Å². The van der Waals surface area contributed by atoms with Crippen molar-refractivity contribution in [3.63, 3.8) is 0 Å². The molecule has 1 aliphatic rings. The van der Waals surface area contributed by atoms with E-state index in [9.17, 15) is 4.79 Å². The summed E-state index contributed by atoms with van der Waals surface area (Å²) in [7, 11) is 0. The van der Waals surface area contributed by atoms with Crippen molar-refractivity contribution < 1.29 is 4.79 Å². The van der Waals surface area contributed by atoms with Gasteiger partial charge in [-0.3, -0.25) is 9.78 Å². The molecule has 1 aromatic heterocycles. The first kappa shape index (κ1) is 11.1. The first-order valence-electron chi connectivity index (χ1n) is 5.68. The fraction of sp³-hybridized carbons (Fsp3) is 0.500. The molecule has 0 unspecified atom stereocenters. The third-order valence-electron chi connectivity index (χ3n) is 2.82. The van der Waals surface area contributed by atoms with Crippen molar-refractivity contribution in [3.05, 3.63) is 29.6 Å². The summed E-state index contributed by atoms with van der Waals surface area (Å²) in [4.78, 5) is 15.0. The monoisotopic (exact) mass is 219 g/mol. The number of hydrogen-bond donors (Lipinski definition) is 2. The topological polar surface area (TPSA) is 54.0 Å². The van der Waals surface area contributed by atoms with Crippen LogP contribution in [-0.4, -0.2) is 17.4 Å². The zero-order valence-electron chi connectivity index (χ0n) is 9.49. The van der Waals surface area contributed by atoms with Crippen LogP contribution in [0, 0.1) is 0 Å². The van der Waals surface area contributed by atoms with Gasteiger partial charge in [-0.05, 0) is 37.1 Å². The van der Waals surface area contributed by atoms with Gasteiger partial charge in [-0.25, -0.2) is 0 Å². The van der Waals surface area contributed by atoms with E-state index in [0.717, 1.165) is 12.2 Å². The van der Waals surface area contributed by atoms with Gasteiger partial charge in [0.25, 0.3) is 0 Å². The zero-order chi connectivity index (χ0) is 11.4. The van der Waals surface area contributed by atoms with Crippen molar-refractivity contribution in [2.24, 2.45) is 0 Å². The molecule has 4 heteroatoms. The van der Waals surface area contributed by atoms with E-state index in [0.29, 0.717) is 12.6 Å². The summed E-state index contributed by atoms with van der Waals surface area (Å²) in [6.07, 6.45) is 4.23. The summed E-state index contributed by atoms with van der Waals surface area (Å²) >= 11 is 0. The van der Waals surface area contributed by atoms with Gasteiger partial charge in [-0.2, -0.15) is 0 Å².